The third kappa shape index (κ3) is 2.75. The summed E-state index contributed by atoms with van der Waals surface area (Å²) in [5.41, 5.74) is 7.72. The lowest BCUT2D eigenvalue weighted by Gasteiger charge is -2.38. The number of carbonyl (C=O) groups is 1. The Labute approximate surface area is 129 Å². The van der Waals surface area contributed by atoms with Crippen molar-refractivity contribution in [2.75, 3.05) is 18.8 Å². The van der Waals surface area contributed by atoms with Crippen LogP contribution in [0.1, 0.15) is 43.5 Å². The van der Waals surface area contributed by atoms with Gasteiger partial charge < -0.3 is 10.6 Å². The molecule has 1 amide bonds. The van der Waals surface area contributed by atoms with E-state index in [0.29, 0.717) is 10.5 Å². The van der Waals surface area contributed by atoms with Gasteiger partial charge in [-0.05, 0) is 36.5 Å². The summed E-state index contributed by atoms with van der Waals surface area (Å²) < 4.78 is 0.980. The molecule has 1 saturated heterocycles. The highest BCUT2D eigenvalue weighted by Gasteiger charge is 2.30. The number of nitrogens with zero attached hydrogens (tertiary/aromatic N) is 2. The molecule has 1 fully saturated rings. The molecule has 21 heavy (non-hydrogen) atoms. The molecule has 1 aromatic carbocycles. The van der Waals surface area contributed by atoms with Crippen molar-refractivity contribution in [3.05, 3.63) is 23.8 Å². The summed E-state index contributed by atoms with van der Waals surface area (Å²) in [7, 11) is 0. The van der Waals surface area contributed by atoms with Crippen molar-refractivity contribution < 1.29 is 4.79 Å². The first-order valence-corrected chi connectivity index (χ1v) is 8.28. The number of fused-ring (bicyclic) bond motifs is 1. The maximum Gasteiger partial charge on any atom is 0.253 e. The Balaban J connectivity index is 1.78. The maximum absolute atomic E-state index is 12.6. The molecular formula is C16H21N3OS. The highest BCUT2D eigenvalue weighted by molar-refractivity contribution is 7.22. The van der Waals surface area contributed by atoms with Crippen LogP contribution in [0.25, 0.3) is 10.2 Å². The van der Waals surface area contributed by atoms with E-state index in [1.165, 1.54) is 17.8 Å². The van der Waals surface area contributed by atoms with Crippen molar-refractivity contribution in [3.8, 4) is 0 Å². The minimum absolute atomic E-state index is 0.127. The zero-order chi connectivity index (χ0) is 15.0. The molecule has 3 rings (SSSR count). The topological polar surface area (TPSA) is 59.2 Å². The van der Waals surface area contributed by atoms with E-state index in [2.05, 4.69) is 18.8 Å². The van der Waals surface area contributed by atoms with Gasteiger partial charge in [-0.3, -0.25) is 4.79 Å². The van der Waals surface area contributed by atoms with Crippen molar-refractivity contribution in [1.29, 1.82) is 0 Å². The number of carbonyl (C=O) groups excluding carboxylic acids is 1. The fraction of sp³-hybridized carbons (Fsp3) is 0.500. The molecule has 4 nitrogen and oxygen atoms in total. The Morgan fingerprint density at radius 2 is 2.14 bits per heavy atom. The van der Waals surface area contributed by atoms with Crippen LogP contribution in [0.3, 0.4) is 0 Å². The molecule has 2 aromatic rings. The molecule has 5 heteroatoms. The van der Waals surface area contributed by atoms with Crippen LogP contribution in [-0.4, -0.2) is 28.9 Å². The predicted octanol–water partition coefficient (Wildman–Crippen LogP) is 3.53. The number of benzene rings is 1. The second-order valence-corrected chi connectivity index (χ2v) is 7.25. The zero-order valence-corrected chi connectivity index (χ0v) is 13.4. The van der Waals surface area contributed by atoms with Crippen LogP contribution in [0.4, 0.5) is 5.13 Å². The molecule has 0 aliphatic carbocycles. The SMILES string of the molecule is CCC1(C)CCN(C(=O)c2ccc3nc(N)sc3c2)CC1. The molecule has 0 spiro atoms. The number of nitrogen functional groups attached to an aromatic ring is 1. The normalized spacial score (nSPS) is 18.1. The zero-order valence-electron chi connectivity index (χ0n) is 12.6. The minimum atomic E-state index is 0.127. The van der Waals surface area contributed by atoms with Gasteiger partial charge in [0.1, 0.15) is 0 Å². The van der Waals surface area contributed by atoms with Crippen molar-refractivity contribution in [2.24, 2.45) is 5.41 Å². The van der Waals surface area contributed by atoms with Gasteiger partial charge >= 0.3 is 0 Å². The molecule has 0 bridgehead atoms. The van der Waals surface area contributed by atoms with Gasteiger partial charge in [0, 0.05) is 18.7 Å². The number of aromatic nitrogens is 1. The van der Waals surface area contributed by atoms with E-state index in [9.17, 15) is 4.79 Å². The van der Waals surface area contributed by atoms with Gasteiger partial charge in [-0.1, -0.05) is 31.6 Å². The summed E-state index contributed by atoms with van der Waals surface area (Å²) in [6.45, 7) is 6.26. The quantitative estimate of drug-likeness (QED) is 0.923. The molecule has 0 unspecified atom stereocenters. The Kier molecular flexibility index (Phi) is 3.61. The van der Waals surface area contributed by atoms with Crippen molar-refractivity contribution in [1.82, 2.24) is 9.88 Å². The first kappa shape index (κ1) is 14.3. The van der Waals surface area contributed by atoms with Gasteiger partial charge in [0.2, 0.25) is 0 Å². The van der Waals surface area contributed by atoms with Gasteiger partial charge in [0.15, 0.2) is 5.13 Å². The van der Waals surface area contributed by atoms with Crippen LogP contribution in [-0.2, 0) is 0 Å². The summed E-state index contributed by atoms with van der Waals surface area (Å²) in [5.74, 6) is 0.127. The first-order chi connectivity index (χ1) is 10.0. The van der Waals surface area contributed by atoms with Crippen LogP contribution in [0.15, 0.2) is 18.2 Å². The molecule has 0 saturated carbocycles. The number of thiazole rings is 1. The second kappa shape index (κ2) is 5.30. The molecule has 1 aliphatic rings. The molecule has 112 valence electrons. The number of anilines is 1. The summed E-state index contributed by atoms with van der Waals surface area (Å²) in [5, 5.41) is 0.547. The molecule has 0 radical (unpaired) electrons. The average Bonchev–Trinajstić information content (AvgIpc) is 2.86. The van der Waals surface area contributed by atoms with Crippen molar-refractivity contribution in [2.45, 2.75) is 33.1 Å². The molecule has 1 aliphatic heterocycles. The fourth-order valence-corrected chi connectivity index (χ4v) is 3.63. The maximum atomic E-state index is 12.6. The fourth-order valence-electron chi connectivity index (χ4n) is 2.86. The molecule has 2 heterocycles. The highest BCUT2D eigenvalue weighted by Crippen LogP contribution is 2.34. The number of hydrogen-bond acceptors (Lipinski definition) is 4. The van der Waals surface area contributed by atoms with Gasteiger partial charge in [0.05, 0.1) is 10.2 Å². The van der Waals surface area contributed by atoms with E-state index < -0.39 is 0 Å². The van der Waals surface area contributed by atoms with Gasteiger partial charge in [-0.25, -0.2) is 4.98 Å². The van der Waals surface area contributed by atoms with Crippen LogP contribution < -0.4 is 5.73 Å². The first-order valence-electron chi connectivity index (χ1n) is 7.46. The van der Waals surface area contributed by atoms with Gasteiger partial charge in [0.25, 0.3) is 5.91 Å². The highest BCUT2D eigenvalue weighted by atomic mass is 32.1. The molecule has 2 N–H and O–H groups in total. The lowest BCUT2D eigenvalue weighted by molar-refractivity contribution is 0.0600. The van der Waals surface area contributed by atoms with Crippen LogP contribution >= 0.6 is 11.3 Å². The van der Waals surface area contributed by atoms with E-state index in [1.807, 2.05) is 23.1 Å². The third-order valence-corrected chi connectivity index (χ3v) is 5.61. The lowest BCUT2D eigenvalue weighted by Crippen LogP contribution is -2.41. The molecular weight excluding hydrogens is 282 g/mol. The Bertz CT molecular complexity index is 671. The Morgan fingerprint density at radius 1 is 1.43 bits per heavy atom. The summed E-state index contributed by atoms with van der Waals surface area (Å²) in [6.07, 6.45) is 3.36. The minimum Gasteiger partial charge on any atom is -0.375 e. The van der Waals surface area contributed by atoms with E-state index >= 15 is 0 Å². The predicted molar refractivity (Wildman–Crippen MR) is 87.6 cm³/mol. The van der Waals surface area contributed by atoms with E-state index in [1.54, 1.807) is 0 Å². The summed E-state index contributed by atoms with van der Waals surface area (Å²) >= 11 is 1.43. The Morgan fingerprint density at radius 3 is 2.81 bits per heavy atom. The number of rotatable bonds is 2. The standard InChI is InChI=1S/C16H21N3OS/c1-3-16(2)6-8-19(9-7-16)14(20)11-4-5-12-13(10-11)21-15(17)18-12/h4-5,10H,3,6-9H2,1-2H3,(H2,17,18). The summed E-state index contributed by atoms with van der Waals surface area (Å²) in [6, 6.07) is 5.66. The number of amides is 1. The number of piperidine rings is 1. The smallest absolute Gasteiger partial charge is 0.253 e. The molecule has 0 atom stereocenters. The third-order valence-electron chi connectivity index (χ3n) is 4.76. The van der Waals surface area contributed by atoms with Gasteiger partial charge in [-0.15, -0.1) is 0 Å². The average molecular weight is 303 g/mol. The van der Waals surface area contributed by atoms with E-state index in [4.69, 9.17) is 5.73 Å². The van der Waals surface area contributed by atoms with Crippen LogP contribution in [0.2, 0.25) is 0 Å². The van der Waals surface area contributed by atoms with E-state index in [0.717, 1.165) is 41.7 Å². The van der Waals surface area contributed by atoms with Gasteiger partial charge in [-0.2, -0.15) is 0 Å². The monoisotopic (exact) mass is 303 g/mol. The largest absolute Gasteiger partial charge is 0.375 e. The second-order valence-electron chi connectivity index (χ2n) is 6.19. The van der Waals surface area contributed by atoms with Crippen LogP contribution in [0.5, 0.6) is 0 Å². The van der Waals surface area contributed by atoms with Crippen molar-refractivity contribution in [3.63, 3.8) is 0 Å². The lowest BCUT2D eigenvalue weighted by atomic mass is 9.78. The number of hydrogen-bond donors (Lipinski definition) is 1. The molecule has 1 aromatic heterocycles. The number of nitrogens with two attached hydrogens (primary N) is 1. The van der Waals surface area contributed by atoms with E-state index in [-0.39, 0.29) is 5.91 Å². The number of likely N-dealkylation sites (tertiary alicyclic amines) is 1. The Hall–Kier alpha value is -1.62. The van der Waals surface area contributed by atoms with Crippen molar-refractivity contribution >= 4 is 32.6 Å². The summed E-state index contributed by atoms with van der Waals surface area (Å²) in [4.78, 5) is 18.8. The van der Waals surface area contributed by atoms with Crippen LogP contribution in [0, 0.1) is 5.41 Å².